The first-order valence-corrected chi connectivity index (χ1v) is 4.57. The molecular formula is C9H13F3N2O3. The Labute approximate surface area is 95.9 Å². The highest BCUT2D eigenvalue weighted by Crippen LogP contribution is 2.16. The van der Waals surface area contributed by atoms with Crippen molar-refractivity contribution in [3.05, 3.63) is 12.2 Å². The molecular weight excluding hydrogens is 241 g/mol. The molecule has 98 valence electrons. The fourth-order valence-electron chi connectivity index (χ4n) is 0.918. The Morgan fingerprint density at radius 2 is 1.94 bits per heavy atom. The molecule has 2 N–H and O–H groups in total. The Kier molecular flexibility index (Phi) is 5.49. The van der Waals surface area contributed by atoms with E-state index >= 15 is 0 Å². The molecule has 0 aliphatic heterocycles. The lowest BCUT2D eigenvalue weighted by Crippen LogP contribution is -2.47. The highest BCUT2D eigenvalue weighted by molar-refractivity contribution is 5.80. The molecule has 0 aromatic rings. The number of urea groups is 1. The van der Waals surface area contributed by atoms with Crippen LogP contribution in [0.1, 0.15) is 6.92 Å². The maximum Gasteiger partial charge on any atom is 0.406 e. The third-order valence-corrected chi connectivity index (χ3v) is 1.52. The van der Waals surface area contributed by atoms with Gasteiger partial charge in [-0.15, -0.1) is 0 Å². The average Bonchev–Trinajstić information content (AvgIpc) is 2.09. The molecule has 8 heteroatoms. The Hall–Kier alpha value is -1.73. The molecule has 0 bridgehead atoms. The fourth-order valence-corrected chi connectivity index (χ4v) is 0.918. The van der Waals surface area contributed by atoms with E-state index in [1.807, 2.05) is 0 Å². The number of carboxylic acid groups (broad SMARTS) is 1. The highest BCUT2D eigenvalue weighted by Gasteiger charge is 2.33. The van der Waals surface area contributed by atoms with Crippen LogP contribution in [0.4, 0.5) is 18.0 Å². The monoisotopic (exact) mass is 254 g/mol. The Bertz CT molecular complexity index is 315. The lowest BCUT2D eigenvalue weighted by atomic mass is 10.3. The summed E-state index contributed by atoms with van der Waals surface area (Å²) in [7, 11) is 0. The van der Waals surface area contributed by atoms with Crippen LogP contribution < -0.4 is 5.32 Å². The van der Waals surface area contributed by atoms with Crippen LogP contribution in [0, 0.1) is 0 Å². The minimum absolute atomic E-state index is 0.00713. The van der Waals surface area contributed by atoms with Crippen LogP contribution in [0.25, 0.3) is 0 Å². The second-order valence-electron chi connectivity index (χ2n) is 3.48. The van der Waals surface area contributed by atoms with E-state index in [1.165, 1.54) is 0 Å². The first-order chi connectivity index (χ1) is 7.61. The number of rotatable bonds is 5. The van der Waals surface area contributed by atoms with Crippen molar-refractivity contribution >= 4 is 12.0 Å². The number of nitrogens with one attached hydrogen (secondary N) is 1. The quantitative estimate of drug-likeness (QED) is 0.725. The van der Waals surface area contributed by atoms with Gasteiger partial charge >= 0.3 is 18.2 Å². The summed E-state index contributed by atoms with van der Waals surface area (Å²) in [4.78, 5) is 21.8. The standard InChI is InChI=1S/C9H13F3N2O3/c1-6(2)3-13-8(17)14(4-7(15)16)5-9(10,11)12/h1,3-5H2,2H3,(H,13,17)(H,15,16). The van der Waals surface area contributed by atoms with Crippen molar-refractivity contribution in [2.45, 2.75) is 13.1 Å². The van der Waals surface area contributed by atoms with Crippen molar-refractivity contribution in [1.29, 1.82) is 0 Å². The number of halogens is 3. The zero-order valence-electron chi connectivity index (χ0n) is 9.17. The van der Waals surface area contributed by atoms with E-state index in [0.717, 1.165) is 0 Å². The minimum atomic E-state index is -4.64. The predicted octanol–water partition coefficient (Wildman–Crippen LogP) is 1.22. The SMILES string of the molecule is C=C(C)CNC(=O)N(CC(=O)O)CC(F)(F)F. The molecule has 0 aliphatic carbocycles. The van der Waals surface area contributed by atoms with E-state index in [9.17, 15) is 22.8 Å². The maximum absolute atomic E-state index is 12.1. The van der Waals surface area contributed by atoms with Gasteiger partial charge in [0.25, 0.3) is 0 Å². The topological polar surface area (TPSA) is 69.6 Å². The molecule has 0 rings (SSSR count). The van der Waals surface area contributed by atoms with Crippen LogP contribution in [0.15, 0.2) is 12.2 Å². The molecule has 0 spiro atoms. The van der Waals surface area contributed by atoms with E-state index in [1.54, 1.807) is 6.92 Å². The maximum atomic E-state index is 12.1. The van der Waals surface area contributed by atoms with E-state index in [2.05, 4.69) is 11.9 Å². The number of nitrogens with zero attached hydrogens (tertiary/aromatic N) is 1. The van der Waals surface area contributed by atoms with Crippen molar-refractivity contribution in [2.24, 2.45) is 0 Å². The van der Waals surface area contributed by atoms with Gasteiger partial charge in [-0.3, -0.25) is 4.79 Å². The van der Waals surface area contributed by atoms with Gasteiger partial charge in [-0.25, -0.2) is 4.79 Å². The second kappa shape index (κ2) is 6.12. The second-order valence-corrected chi connectivity index (χ2v) is 3.48. The van der Waals surface area contributed by atoms with Crippen molar-refractivity contribution < 1.29 is 27.9 Å². The zero-order chi connectivity index (χ0) is 13.6. The van der Waals surface area contributed by atoms with Crippen molar-refractivity contribution in [1.82, 2.24) is 10.2 Å². The number of aliphatic carboxylic acids is 1. The summed E-state index contributed by atoms with van der Waals surface area (Å²) in [5.41, 5.74) is 0.542. The molecule has 0 radical (unpaired) electrons. The smallest absolute Gasteiger partial charge is 0.406 e. The van der Waals surface area contributed by atoms with Crippen molar-refractivity contribution in [2.75, 3.05) is 19.6 Å². The molecule has 0 atom stereocenters. The summed E-state index contributed by atoms with van der Waals surface area (Å²) >= 11 is 0. The number of carboxylic acids is 1. The van der Waals surface area contributed by atoms with Crippen LogP contribution in [0.3, 0.4) is 0 Å². The third kappa shape index (κ3) is 8.12. The van der Waals surface area contributed by atoms with E-state index in [-0.39, 0.29) is 11.4 Å². The summed E-state index contributed by atoms with van der Waals surface area (Å²) in [6.07, 6.45) is -4.64. The number of hydrogen-bond acceptors (Lipinski definition) is 2. The molecule has 0 saturated carbocycles. The van der Waals surface area contributed by atoms with Crippen LogP contribution >= 0.6 is 0 Å². The van der Waals surface area contributed by atoms with Gasteiger partial charge in [0.15, 0.2) is 0 Å². The summed E-state index contributed by atoms with van der Waals surface area (Å²) in [5, 5.41) is 10.5. The number of carbonyl (C=O) groups is 2. The molecule has 0 fully saturated rings. The van der Waals surface area contributed by atoms with E-state index in [0.29, 0.717) is 5.57 Å². The molecule has 5 nitrogen and oxygen atoms in total. The van der Waals surface area contributed by atoms with Gasteiger partial charge in [-0.2, -0.15) is 13.2 Å². The lowest BCUT2D eigenvalue weighted by Gasteiger charge is -2.22. The number of hydrogen-bond donors (Lipinski definition) is 2. The summed E-state index contributed by atoms with van der Waals surface area (Å²) < 4.78 is 36.2. The lowest BCUT2D eigenvalue weighted by molar-refractivity contribution is -0.148. The molecule has 0 heterocycles. The van der Waals surface area contributed by atoms with Crippen LogP contribution in [-0.4, -0.2) is 47.8 Å². The van der Waals surface area contributed by atoms with Crippen LogP contribution in [-0.2, 0) is 4.79 Å². The molecule has 0 saturated heterocycles. The molecule has 2 amide bonds. The summed E-state index contributed by atoms with van der Waals surface area (Å²) in [5.74, 6) is -1.51. The van der Waals surface area contributed by atoms with Crippen molar-refractivity contribution in [3.63, 3.8) is 0 Å². The van der Waals surface area contributed by atoms with E-state index < -0.39 is 31.3 Å². The Balaban J connectivity index is 4.50. The van der Waals surface area contributed by atoms with Gasteiger partial charge in [0.1, 0.15) is 13.1 Å². The first kappa shape index (κ1) is 15.3. The normalized spacial score (nSPS) is 10.8. The number of carbonyl (C=O) groups excluding carboxylic acids is 1. The average molecular weight is 254 g/mol. The zero-order valence-corrected chi connectivity index (χ0v) is 9.17. The third-order valence-electron chi connectivity index (χ3n) is 1.52. The summed E-state index contributed by atoms with van der Waals surface area (Å²) in [6, 6.07) is -1.09. The predicted molar refractivity (Wildman–Crippen MR) is 53.5 cm³/mol. The van der Waals surface area contributed by atoms with Gasteiger partial charge in [0.2, 0.25) is 0 Å². The van der Waals surface area contributed by atoms with Gasteiger partial charge in [-0.05, 0) is 6.92 Å². The molecule has 17 heavy (non-hydrogen) atoms. The number of amides is 2. The van der Waals surface area contributed by atoms with E-state index in [4.69, 9.17) is 5.11 Å². The molecule has 0 aliphatic rings. The van der Waals surface area contributed by atoms with Gasteiger partial charge in [0, 0.05) is 6.54 Å². The minimum Gasteiger partial charge on any atom is -0.480 e. The van der Waals surface area contributed by atoms with Gasteiger partial charge in [-0.1, -0.05) is 12.2 Å². The van der Waals surface area contributed by atoms with Gasteiger partial charge < -0.3 is 15.3 Å². The highest BCUT2D eigenvalue weighted by atomic mass is 19.4. The fraction of sp³-hybridized carbons (Fsp3) is 0.556. The number of alkyl halides is 3. The summed E-state index contributed by atoms with van der Waals surface area (Å²) in [6.45, 7) is 2.40. The Morgan fingerprint density at radius 1 is 1.41 bits per heavy atom. The Morgan fingerprint density at radius 3 is 2.29 bits per heavy atom. The van der Waals surface area contributed by atoms with Crippen LogP contribution in [0.2, 0.25) is 0 Å². The molecule has 0 aromatic carbocycles. The van der Waals surface area contributed by atoms with Gasteiger partial charge in [0.05, 0.1) is 0 Å². The molecule has 0 unspecified atom stereocenters. The van der Waals surface area contributed by atoms with Crippen molar-refractivity contribution in [3.8, 4) is 0 Å². The largest absolute Gasteiger partial charge is 0.480 e. The van der Waals surface area contributed by atoms with Crippen LogP contribution in [0.5, 0.6) is 0 Å². The molecule has 0 aromatic heterocycles. The first-order valence-electron chi connectivity index (χ1n) is 4.57.